The number of ether oxygens (including phenoxy) is 2. The van der Waals surface area contributed by atoms with Gasteiger partial charge < -0.3 is 9.47 Å². The fraction of sp³-hybridized carbons (Fsp3) is 0.0606. The SMILES string of the molecule is COC(=O)c1ccccc1S(=O)(=O)c1cc2ccc(Cl)cc2n2nnnc12.FC(F)(F)Oc1cccc(-c2cc3ccc(Cl)cc3n3nnnc23)c1. The Labute approximate surface area is 300 Å². The number of pyridine rings is 2. The van der Waals surface area contributed by atoms with Crippen molar-refractivity contribution in [3.63, 3.8) is 0 Å². The number of esters is 1. The molecule has 4 heterocycles. The van der Waals surface area contributed by atoms with Gasteiger partial charge in [0.15, 0.2) is 11.3 Å². The van der Waals surface area contributed by atoms with Crippen molar-refractivity contribution in [3.8, 4) is 16.9 Å². The minimum atomic E-state index is -4.76. The number of halogens is 5. The molecule has 4 aromatic carbocycles. The molecule has 0 fully saturated rings. The summed E-state index contributed by atoms with van der Waals surface area (Å²) in [6.07, 6.45) is -4.76. The third-order valence-electron chi connectivity index (χ3n) is 7.68. The number of hydrogen-bond donors (Lipinski definition) is 0. The molecule has 8 aromatic rings. The van der Waals surface area contributed by atoms with Crippen LogP contribution < -0.4 is 4.74 Å². The molecule has 0 aliphatic heterocycles. The average Bonchev–Trinajstić information content (AvgIpc) is 3.82. The fourth-order valence-electron chi connectivity index (χ4n) is 5.46. The van der Waals surface area contributed by atoms with Gasteiger partial charge in [-0.05, 0) is 87.1 Å². The van der Waals surface area contributed by atoms with Gasteiger partial charge in [-0.1, -0.05) is 59.6 Å². The van der Waals surface area contributed by atoms with Gasteiger partial charge >= 0.3 is 12.3 Å². The predicted molar refractivity (Wildman–Crippen MR) is 182 cm³/mol. The molecule has 0 bridgehead atoms. The Balaban J connectivity index is 0.000000162. The molecular formula is C33H19Cl2F3N8O5S. The van der Waals surface area contributed by atoms with E-state index in [4.69, 9.17) is 27.9 Å². The largest absolute Gasteiger partial charge is 0.573 e. The molecule has 0 saturated heterocycles. The molecule has 0 aliphatic carbocycles. The molecule has 0 amide bonds. The van der Waals surface area contributed by atoms with Crippen LogP contribution in [0.2, 0.25) is 10.0 Å². The maximum absolute atomic E-state index is 13.4. The Morgan fingerprint density at radius 3 is 2.00 bits per heavy atom. The van der Waals surface area contributed by atoms with E-state index in [2.05, 4.69) is 35.8 Å². The van der Waals surface area contributed by atoms with E-state index in [1.807, 2.05) is 0 Å². The average molecular weight is 768 g/mol. The first-order chi connectivity index (χ1) is 24.8. The van der Waals surface area contributed by atoms with Gasteiger partial charge in [-0.3, -0.25) is 0 Å². The number of aromatic nitrogens is 8. The maximum atomic E-state index is 13.4. The predicted octanol–water partition coefficient (Wildman–Crippen LogP) is 7.05. The van der Waals surface area contributed by atoms with Crippen LogP contribution in [0, 0.1) is 0 Å². The first kappa shape index (κ1) is 34.5. The zero-order valence-electron chi connectivity index (χ0n) is 26.2. The van der Waals surface area contributed by atoms with Gasteiger partial charge in [0.2, 0.25) is 9.84 Å². The molecular weight excluding hydrogens is 748 g/mol. The number of carbonyl (C=O) groups excluding carboxylic acids is 1. The van der Waals surface area contributed by atoms with Crippen LogP contribution in [0.4, 0.5) is 13.2 Å². The normalized spacial score (nSPS) is 11.9. The number of carbonyl (C=O) groups is 1. The molecule has 19 heteroatoms. The van der Waals surface area contributed by atoms with Crippen LogP contribution in [-0.2, 0) is 14.6 Å². The van der Waals surface area contributed by atoms with E-state index in [0.717, 1.165) is 5.39 Å². The second-order valence-corrected chi connectivity index (χ2v) is 13.6. The fourth-order valence-corrected chi connectivity index (χ4v) is 7.38. The zero-order valence-corrected chi connectivity index (χ0v) is 28.5. The molecule has 0 spiro atoms. The standard InChI is InChI=1S/C17H11ClN4O4S.C16H8ClF3N4O/c1-26-17(23)12-4-2-3-5-14(12)27(24,25)15-8-10-6-7-11(18)9-13(10)22-16(15)19-20-21-22;17-11-5-4-10-7-13(15-21-22-23-24(15)14(10)8-11)9-2-1-3-12(6-9)25-16(18,19)20/h2-9H,1H3;1-8H. The van der Waals surface area contributed by atoms with Gasteiger partial charge in [0.05, 0.1) is 28.6 Å². The lowest BCUT2D eigenvalue weighted by Gasteiger charge is -2.11. The van der Waals surface area contributed by atoms with Gasteiger partial charge in [0, 0.05) is 26.4 Å². The minimum Gasteiger partial charge on any atom is -0.465 e. The molecule has 52 heavy (non-hydrogen) atoms. The highest BCUT2D eigenvalue weighted by molar-refractivity contribution is 7.91. The van der Waals surface area contributed by atoms with Crippen LogP contribution >= 0.6 is 23.2 Å². The first-order valence-corrected chi connectivity index (χ1v) is 17.0. The van der Waals surface area contributed by atoms with Gasteiger partial charge in [0.1, 0.15) is 10.6 Å². The molecule has 0 radical (unpaired) electrons. The van der Waals surface area contributed by atoms with Crippen molar-refractivity contribution in [3.05, 3.63) is 113 Å². The van der Waals surface area contributed by atoms with E-state index in [9.17, 15) is 26.4 Å². The molecule has 4 aromatic heterocycles. The zero-order chi connectivity index (χ0) is 36.8. The number of nitrogens with zero attached hydrogens (tertiary/aromatic N) is 8. The quantitative estimate of drug-likeness (QED) is 0.166. The summed E-state index contributed by atoms with van der Waals surface area (Å²) < 4.78 is 75.6. The Bertz CT molecular complexity index is 2800. The van der Waals surface area contributed by atoms with Crippen molar-refractivity contribution < 1.29 is 35.9 Å². The second kappa shape index (κ2) is 13.3. The topological polar surface area (TPSA) is 156 Å². The van der Waals surface area contributed by atoms with Crippen molar-refractivity contribution >= 4 is 72.1 Å². The van der Waals surface area contributed by atoms with Crippen molar-refractivity contribution in [1.29, 1.82) is 0 Å². The summed E-state index contributed by atoms with van der Waals surface area (Å²) in [6.45, 7) is 0. The monoisotopic (exact) mass is 766 g/mol. The Morgan fingerprint density at radius 1 is 0.731 bits per heavy atom. The number of tetrazole rings is 2. The number of rotatable bonds is 5. The smallest absolute Gasteiger partial charge is 0.465 e. The van der Waals surface area contributed by atoms with Gasteiger partial charge in [-0.25, -0.2) is 13.2 Å². The lowest BCUT2D eigenvalue weighted by Crippen LogP contribution is -2.17. The molecule has 262 valence electrons. The number of methoxy groups -OCH3 is 1. The number of sulfone groups is 1. The maximum Gasteiger partial charge on any atom is 0.573 e. The highest BCUT2D eigenvalue weighted by atomic mass is 35.5. The van der Waals surface area contributed by atoms with Crippen molar-refractivity contribution in [2.24, 2.45) is 0 Å². The van der Waals surface area contributed by atoms with E-state index < -0.39 is 22.2 Å². The highest BCUT2D eigenvalue weighted by Gasteiger charge is 2.31. The third-order valence-corrected chi connectivity index (χ3v) is 9.96. The van der Waals surface area contributed by atoms with E-state index in [-0.39, 0.29) is 26.8 Å². The Kier molecular flexibility index (Phi) is 8.85. The summed E-state index contributed by atoms with van der Waals surface area (Å²) in [5.41, 5.74) is 2.69. The molecule has 0 unspecified atom stereocenters. The van der Waals surface area contributed by atoms with Gasteiger partial charge in [-0.2, -0.15) is 9.03 Å². The lowest BCUT2D eigenvalue weighted by atomic mass is 10.0. The van der Waals surface area contributed by atoms with Crippen molar-refractivity contribution in [2.75, 3.05) is 7.11 Å². The minimum absolute atomic E-state index is 0.0319. The summed E-state index contributed by atoms with van der Waals surface area (Å²) in [7, 11) is -2.93. The Morgan fingerprint density at radius 2 is 1.35 bits per heavy atom. The summed E-state index contributed by atoms with van der Waals surface area (Å²) in [4.78, 5) is 11.7. The van der Waals surface area contributed by atoms with Gasteiger partial charge in [0.25, 0.3) is 0 Å². The summed E-state index contributed by atoms with van der Waals surface area (Å²) >= 11 is 12.1. The van der Waals surface area contributed by atoms with Crippen LogP contribution in [0.5, 0.6) is 5.75 Å². The van der Waals surface area contributed by atoms with Crippen LogP contribution in [-0.4, -0.2) is 67.9 Å². The molecule has 0 aliphatic rings. The Hall–Kier alpha value is -5.91. The number of hydrogen-bond acceptors (Lipinski definition) is 11. The molecule has 0 atom stereocenters. The molecule has 8 rings (SSSR count). The van der Waals surface area contributed by atoms with E-state index in [1.165, 1.54) is 58.6 Å². The molecule has 13 nitrogen and oxygen atoms in total. The van der Waals surface area contributed by atoms with E-state index in [0.29, 0.717) is 43.2 Å². The molecule has 0 saturated carbocycles. The number of fused-ring (bicyclic) bond motifs is 6. The van der Waals surface area contributed by atoms with Crippen molar-refractivity contribution in [1.82, 2.24) is 40.1 Å². The first-order valence-electron chi connectivity index (χ1n) is 14.7. The molecule has 0 N–H and O–H groups in total. The van der Waals surface area contributed by atoms with E-state index in [1.54, 1.807) is 54.6 Å². The van der Waals surface area contributed by atoms with Crippen molar-refractivity contribution in [2.45, 2.75) is 16.2 Å². The van der Waals surface area contributed by atoms with Crippen LogP contribution in [0.1, 0.15) is 10.4 Å². The lowest BCUT2D eigenvalue weighted by molar-refractivity contribution is -0.274. The van der Waals surface area contributed by atoms with E-state index >= 15 is 0 Å². The third kappa shape index (κ3) is 6.52. The van der Waals surface area contributed by atoms with Crippen LogP contribution in [0.15, 0.2) is 107 Å². The summed E-state index contributed by atoms with van der Waals surface area (Å²) in [5, 5.41) is 25.2. The summed E-state index contributed by atoms with van der Waals surface area (Å²) in [5.74, 6) is -1.07. The summed E-state index contributed by atoms with van der Waals surface area (Å²) in [6, 6.07) is 24.9. The van der Waals surface area contributed by atoms with Crippen LogP contribution in [0.25, 0.3) is 44.2 Å². The number of benzene rings is 4. The van der Waals surface area contributed by atoms with Crippen LogP contribution in [0.3, 0.4) is 0 Å². The highest BCUT2D eigenvalue weighted by Crippen LogP contribution is 2.33. The van der Waals surface area contributed by atoms with Gasteiger partial charge in [-0.15, -0.1) is 23.4 Å². The number of alkyl halides is 3. The second-order valence-electron chi connectivity index (χ2n) is 10.9.